The van der Waals surface area contributed by atoms with Gasteiger partial charge in [-0.3, -0.25) is 0 Å². The number of nitrogens with zero attached hydrogens (tertiary/aromatic N) is 3. The highest BCUT2D eigenvalue weighted by Gasteiger charge is 2.17. The Morgan fingerprint density at radius 1 is 1.00 bits per heavy atom. The zero-order valence-corrected chi connectivity index (χ0v) is 13.0. The fourth-order valence-electron chi connectivity index (χ4n) is 2.39. The van der Waals surface area contributed by atoms with E-state index in [9.17, 15) is 8.78 Å². The summed E-state index contributed by atoms with van der Waals surface area (Å²) >= 11 is 0. The standard InChI is InChI=1S/C16H23F2N3/c1-4-20(5-2)8-7-9-21(6-3)16-14(17)10-13(12-19)11-15(16)18/h10-11H,4-9H2,1-3H3. The lowest BCUT2D eigenvalue weighted by atomic mass is 10.1. The molecule has 0 aromatic heterocycles. The number of hydrogen-bond donors (Lipinski definition) is 0. The third-order valence-corrected chi connectivity index (χ3v) is 3.64. The first-order valence-electron chi connectivity index (χ1n) is 7.43. The second-order valence-electron chi connectivity index (χ2n) is 4.86. The number of hydrogen-bond acceptors (Lipinski definition) is 3. The second-order valence-corrected chi connectivity index (χ2v) is 4.86. The van der Waals surface area contributed by atoms with Crippen molar-refractivity contribution in [2.24, 2.45) is 0 Å². The molecule has 1 aromatic carbocycles. The van der Waals surface area contributed by atoms with Gasteiger partial charge in [0, 0.05) is 13.1 Å². The third-order valence-electron chi connectivity index (χ3n) is 3.64. The van der Waals surface area contributed by atoms with Gasteiger partial charge in [-0.25, -0.2) is 8.78 Å². The molecule has 0 aliphatic rings. The van der Waals surface area contributed by atoms with Gasteiger partial charge >= 0.3 is 0 Å². The molecule has 0 unspecified atom stereocenters. The highest BCUT2D eigenvalue weighted by Crippen LogP contribution is 2.25. The maximum Gasteiger partial charge on any atom is 0.150 e. The normalized spacial score (nSPS) is 10.7. The van der Waals surface area contributed by atoms with Crippen molar-refractivity contribution < 1.29 is 8.78 Å². The number of nitriles is 1. The van der Waals surface area contributed by atoms with Crippen molar-refractivity contribution in [1.82, 2.24) is 4.90 Å². The van der Waals surface area contributed by atoms with Gasteiger partial charge in [0.1, 0.15) is 5.69 Å². The summed E-state index contributed by atoms with van der Waals surface area (Å²) in [5.41, 5.74) is -0.0241. The molecule has 0 atom stereocenters. The SMILES string of the molecule is CCN(CC)CCCN(CC)c1c(F)cc(C#N)cc1F. The van der Waals surface area contributed by atoms with Crippen LogP contribution in [0, 0.1) is 23.0 Å². The minimum atomic E-state index is -0.670. The third kappa shape index (κ3) is 4.68. The summed E-state index contributed by atoms with van der Waals surface area (Å²) in [5, 5.41) is 8.73. The van der Waals surface area contributed by atoms with Crippen molar-refractivity contribution in [2.75, 3.05) is 37.6 Å². The van der Waals surface area contributed by atoms with Gasteiger partial charge in [-0.15, -0.1) is 0 Å². The molecule has 0 heterocycles. The minimum Gasteiger partial charge on any atom is -0.367 e. The van der Waals surface area contributed by atoms with E-state index in [1.54, 1.807) is 11.0 Å². The van der Waals surface area contributed by atoms with Crippen LogP contribution in [-0.4, -0.2) is 37.6 Å². The van der Waals surface area contributed by atoms with Gasteiger partial charge in [-0.05, 0) is 45.1 Å². The van der Waals surface area contributed by atoms with Crippen LogP contribution in [0.1, 0.15) is 32.8 Å². The monoisotopic (exact) mass is 295 g/mol. The molecule has 3 nitrogen and oxygen atoms in total. The lowest BCUT2D eigenvalue weighted by Gasteiger charge is -2.26. The van der Waals surface area contributed by atoms with Gasteiger partial charge in [-0.1, -0.05) is 13.8 Å². The first-order chi connectivity index (χ1) is 10.1. The molecule has 0 radical (unpaired) electrons. The van der Waals surface area contributed by atoms with Crippen molar-refractivity contribution in [3.8, 4) is 6.07 Å². The van der Waals surface area contributed by atoms with Gasteiger partial charge in [0.15, 0.2) is 11.6 Å². The van der Waals surface area contributed by atoms with Crippen molar-refractivity contribution in [2.45, 2.75) is 27.2 Å². The molecular weight excluding hydrogens is 272 g/mol. The quantitative estimate of drug-likeness (QED) is 0.736. The Morgan fingerprint density at radius 2 is 1.57 bits per heavy atom. The molecular formula is C16H23F2N3. The first-order valence-corrected chi connectivity index (χ1v) is 7.43. The summed E-state index contributed by atoms with van der Waals surface area (Å²) in [6, 6.07) is 3.94. The van der Waals surface area contributed by atoms with Gasteiger partial charge in [0.05, 0.1) is 11.6 Å². The van der Waals surface area contributed by atoms with Crippen molar-refractivity contribution in [3.05, 3.63) is 29.3 Å². The van der Waals surface area contributed by atoms with Crippen LogP contribution in [0.2, 0.25) is 0 Å². The van der Waals surface area contributed by atoms with Gasteiger partial charge < -0.3 is 9.80 Å². The average molecular weight is 295 g/mol. The van der Waals surface area contributed by atoms with E-state index in [2.05, 4.69) is 18.7 Å². The van der Waals surface area contributed by atoms with Crippen LogP contribution in [-0.2, 0) is 0 Å². The summed E-state index contributed by atoms with van der Waals surface area (Å²) in [5.74, 6) is -1.34. The van der Waals surface area contributed by atoms with Crippen LogP contribution in [0.25, 0.3) is 0 Å². The van der Waals surface area contributed by atoms with E-state index in [1.165, 1.54) is 0 Å². The number of rotatable bonds is 8. The van der Waals surface area contributed by atoms with Crippen LogP contribution in [0.15, 0.2) is 12.1 Å². The van der Waals surface area contributed by atoms with Crippen LogP contribution < -0.4 is 4.90 Å². The van der Waals surface area contributed by atoms with Crippen LogP contribution >= 0.6 is 0 Å². The number of halogens is 2. The Balaban J connectivity index is 2.79. The molecule has 1 rings (SSSR count). The highest BCUT2D eigenvalue weighted by atomic mass is 19.1. The summed E-state index contributed by atoms with van der Waals surface area (Å²) in [6.07, 6.45) is 0.842. The molecule has 0 bridgehead atoms. The fourth-order valence-corrected chi connectivity index (χ4v) is 2.39. The Hall–Kier alpha value is -1.67. The summed E-state index contributed by atoms with van der Waals surface area (Å²) in [6.45, 7) is 10.0. The van der Waals surface area contributed by atoms with Gasteiger partial charge in [0.2, 0.25) is 0 Å². The number of anilines is 1. The van der Waals surface area contributed by atoms with Gasteiger partial charge in [-0.2, -0.15) is 5.26 Å². The van der Waals surface area contributed by atoms with Crippen LogP contribution in [0.5, 0.6) is 0 Å². The topological polar surface area (TPSA) is 30.3 Å². The highest BCUT2D eigenvalue weighted by molar-refractivity contribution is 5.52. The van der Waals surface area contributed by atoms with E-state index in [-0.39, 0.29) is 11.3 Å². The predicted molar refractivity (Wildman–Crippen MR) is 81.4 cm³/mol. The summed E-state index contributed by atoms with van der Waals surface area (Å²) < 4.78 is 28.0. The molecule has 0 spiro atoms. The van der Waals surface area contributed by atoms with Crippen molar-refractivity contribution in [1.29, 1.82) is 5.26 Å². The molecule has 0 aliphatic carbocycles. The van der Waals surface area contributed by atoms with E-state index in [0.29, 0.717) is 13.1 Å². The smallest absolute Gasteiger partial charge is 0.150 e. The second kappa shape index (κ2) is 8.58. The van der Waals surface area contributed by atoms with E-state index in [4.69, 9.17) is 5.26 Å². The molecule has 0 saturated carbocycles. The molecule has 5 heteroatoms. The zero-order valence-electron chi connectivity index (χ0n) is 13.0. The largest absolute Gasteiger partial charge is 0.367 e. The molecule has 0 fully saturated rings. The first kappa shape index (κ1) is 17.4. The molecule has 0 N–H and O–H groups in total. The van der Waals surface area contributed by atoms with E-state index in [0.717, 1.165) is 38.2 Å². The molecule has 21 heavy (non-hydrogen) atoms. The Morgan fingerprint density at radius 3 is 2.00 bits per heavy atom. The van der Waals surface area contributed by atoms with Crippen LogP contribution in [0.4, 0.5) is 14.5 Å². The lowest BCUT2D eigenvalue weighted by molar-refractivity contribution is 0.300. The molecule has 116 valence electrons. The van der Waals surface area contributed by atoms with E-state index >= 15 is 0 Å². The predicted octanol–water partition coefficient (Wildman–Crippen LogP) is 3.39. The molecule has 0 amide bonds. The van der Waals surface area contributed by atoms with E-state index < -0.39 is 11.6 Å². The van der Waals surface area contributed by atoms with Crippen molar-refractivity contribution >= 4 is 5.69 Å². The minimum absolute atomic E-state index is 0.00736. The molecule has 0 saturated heterocycles. The zero-order chi connectivity index (χ0) is 15.8. The molecule has 1 aromatic rings. The molecule has 0 aliphatic heterocycles. The number of benzene rings is 1. The van der Waals surface area contributed by atoms with E-state index in [1.807, 2.05) is 6.92 Å². The Kier molecular flexibility index (Phi) is 7.10. The fraction of sp³-hybridized carbons (Fsp3) is 0.562. The summed E-state index contributed by atoms with van der Waals surface area (Å²) in [7, 11) is 0. The lowest BCUT2D eigenvalue weighted by Crippen LogP contribution is -2.31. The van der Waals surface area contributed by atoms with Crippen LogP contribution in [0.3, 0.4) is 0 Å². The average Bonchev–Trinajstić information content (AvgIpc) is 2.48. The Labute approximate surface area is 125 Å². The maximum absolute atomic E-state index is 14.0. The van der Waals surface area contributed by atoms with Crippen molar-refractivity contribution in [3.63, 3.8) is 0 Å². The summed E-state index contributed by atoms with van der Waals surface area (Å²) in [4.78, 5) is 3.97. The Bertz CT molecular complexity index is 470. The maximum atomic E-state index is 14.0. The van der Waals surface area contributed by atoms with Gasteiger partial charge in [0.25, 0.3) is 0 Å².